The molecule has 0 saturated carbocycles. The molecule has 1 aromatic heterocycles. The van der Waals surface area contributed by atoms with E-state index in [1.807, 2.05) is 0 Å². The van der Waals surface area contributed by atoms with Gasteiger partial charge in [-0.05, 0) is 11.4 Å². The minimum atomic E-state index is -3.88. The van der Waals surface area contributed by atoms with Crippen LogP contribution in [0.1, 0.15) is 0 Å². The van der Waals surface area contributed by atoms with Crippen LogP contribution in [0.25, 0.3) is 0 Å². The van der Waals surface area contributed by atoms with Gasteiger partial charge in [-0.1, -0.05) is 0 Å². The van der Waals surface area contributed by atoms with Crippen molar-refractivity contribution in [2.45, 2.75) is 4.21 Å². The second-order valence-corrected chi connectivity index (χ2v) is 5.84. The minimum Gasteiger partial charge on any atom is -0.412 e. The average Bonchev–Trinajstić information content (AvgIpc) is 2.31. The number of carbonyl (C=O) groups is 1. The lowest BCUT2D eigenvalue weighted by Crippen LogP contribution is -1.98. The zero-order chi connectivity index (χ0) is 10.1. The lowest BCUT2D eigenvalue weighted by molar-refractivity contribution is 0.225. The number of hydrogen-bond donors (Lipinski definition) is 0. The molecule has 0 bridgehead atoms. The first-order valence-corrected chi connectivity index (χ1v) is 6.37. The molecule has 72 valence electrons. The van der Waals surface area contributed by atoms with E-state index >= 15 is 0 Å². The van der Waals surface area contributed by atoms with Gasteiger partial charge in [-0.25, -0.2) is 13.2 Å². The molecule has 8 heteroatoms. The molecule has 0 aromatic carbocycles. The Hall–Kier alpha value is -0.300. The van der Waals surface area contributed by atoms with Crippen LogP contribution in [-0.4, -0.2) is 13.8 Å². The predicted octanol–water partition coefficient (Wildman–Crippen LogP) is 2.41. The summed E-state index contributed by atoms with van der Waals surface area (Å²) in [6, 6.07) is 1.29. The maximum absolute atomic E-state index is 10.8. The van der Waals surface area contributed by atoms with Gasteiger partial charge in [0.15, 0.2) is 9.96 Å². The fourth-order valence-electron chi connectivity index (χ4n) is 0.623. The molecular formula is C5H2Cl2O4S2. The summed E-state index contributed by atoms with van der Waals surface area (Å²) in [6.45, 7) is 0. The third-order valence-electron chi connectivity index (χ3n) is 1.01. The molecule has 0 spiro atoms. The van der Waals surface area contributed by atoms with E-state index in [0.29, 0.717) is 0 Å². The largest absolute Gasteiger partial charge is 0.412 e. The first-order valence-electron chi connectivity index (χ1n) is 2.80. The second kappa shape index (κ2) is 3.83. The van der Waals surface area contributed by atoms with E-state index in [1.54, 1.807) is 0 Å². The van der Waals surface area contributed by atoms with Crippen molar-refractivity contribution in [1.29, 1.82) is 0 Å². The van der Waals surface area contributed by atoms with Gasteiger partial charge >= 0.3 is 5.43 Å². The van der Waals surface area contributed by atoms with Gasteiger partial charge in [0.05, 0.1) is 0 Å². The molecule has 0 radical (unpaired) electrons. The summed E-state index contributed by atoms with van der Waals surface area (Å²) in [4.78, 5) is 10.3. The number of carbonyl (C=O) groups excluding carboxylic acids is 1. The van der Waals surface area contributed by atoms with Crippen molar-refractivity contribution >= 4 is 48.1 Å². The number of halogens is 2. The van der Waals surface area contributed by atoms with E-state index in [4.69, 9.17) is 22.3 Å². The number of ether oxygens (including phenoxy) is 1. The summed E-state index contributed by atoms with van der Waals surface area (Å²) in [5, 5.41) is 1.42. The highest BCUT2D eigenvalue weighted by molar-refractivity contribution is 8.15. The predicted molar refractivity (Wildman–Crippen MR) is 49.2 cm³/mol. The Kier molecular flexibility index (Phi) is 3.18. The van der Waals surface area contributed by atoms with Gasteiger partial charge in [-0.15, -0.1) is 11.3 Å². The van der Waals surface area contributed by atoms with Crippen molar-refractivity contribution in [3.8, 4) is 5.75 Å². The van der Waals surface area contributed by atoms with E-state index in [1.165, 1.54) is 11.4 Å². The van der Waals surface area contributed by atoms with Gasteiger partial charge in [0.25, 0.3) is 9.05 Å². The average molecular weight is 261 g/mol. The zero-order valence-corrected chi connectivity index (χ0v) is 9.00. The molecule has 13 heavy (non-hydrogen) atoms. The number of hydrogen-bond acceptors (Lipinski definition) is 5. The standard InChI is InChI=1S/C5H2Cl2O4S2/c6-5(8)11-3-1-2-12-4(3)13(7,9)10/h1-2H. The molecule has 0 saturated heterocycles. The third-order valence-corrected chi connectivity index (χ3v) is 4.10. The van der Waals surface area contributed by atoms with Crippen LogP contribution in [0, 0.1) is 0 Å². The summed E-state index contributed by atoms with van der Waals surface area (Å²) >= 11 is 5.74. The molecule has 0 N–H and O–H groups in total. The Morgan fingerprint density at radius 2 is 2.15 bits per heavy atom. The van der Waals surface area contributed by atoms with Crippen molar-refractivity contribution < 1.29 is 17.9 Å². The maximum Gasteiger partial charge on any atom is 0.409 e. The lowest BCUT2D eigenvalue weighted by Gasteiger charge is -1.97. The van der Waals surface area contributed by atoms with E-state index in [2.05, 4.69) is 4.74 Å². The molecule has 1 heterocycles. The van der Waals surface area contributed by atoms with Crippen molar-refractivity contribution in [1.82, 2.24) is 0 Å². The van der Waals surface area contributed by atoms with E-state index in [0.717, 1.165) is 11.3 Å². The maximum atomic E-state index is 10.8. The van der Waals surface area contributed by atoms with Crippen LogP contribution in [0.4, 0.5) is 4.79 Å². The fraction of sp³-hybridized carbons (Fsp3) is 0. The van der Waals surface area contributed by atoms with E-state index in [9.17, 15) is 13.2 Å². The molecule has 1 rings (SSSR count). The highest BCUT2D eigenvalue weighted by Gasteiger charge is 2.19. The van der Waals surface area contributed by atoms with Gasteiger partial charge in [-0.3, -0.25) is 0 Å². The Balaban J connectivity index is 3.11. The Morgan fingerprint density at radius 3 is 2.62 bits per heavy atom. The summed E-state index contributed by atoms with van der Waals surface area (Å²) in [5.74, 6) is -0.153. The van der Waals surface area contributed by atoms with Crippen molar-refractivity contribution in [3.63, 3.8) is 0 Å². The van der Waals surface area contributed by atoms with E-state index in [-0.39, 0.29) is 9.96 Å². The topological polar surface area (TPSA) is 60.4 Å². The fourth-order valence-corrected chi connectivity index (χ4v) is 2.78. The summed E-state index contributed by atoms with van der Waals surface area (Å²) in [6.07, 6.45) is 0. The lowest BCUT2D eigenvalue weighted by atomic mass is 10.6. The molecule has 0 amide bonds. The number of rotatable bonds is 2. The van der Waals surface area contributed by atoms with Gasteiger partial charge < -0.3 is 4.74 Å². The van der Waals surface area contributed by atoms with Crippen LogP contribution in [0.3, 0.4) is 0 Å². The van der Waals surface area contributed by atoms with Crippen LogP contribution in [0.5, 0.6) is 5.75 Å². The van der Waals surface area contributed by atoms with Gasteiger partial charge in [-0.2, -0.15) is 0 Å². The van der Waals surface area contributed by atoms with Crippen molar-refractivity contribution in [3.05, 3.63) is 11.4 Å². The Bertz CT molecular complexity index is 421. The molecular weight excluding hydrogens is 259 g/mol. The van der Waals surface area contributed by atoms with Crippen LogP contribution in [-0.2, 0) is 9.05 Å². The SMILES string of the molecule is O=C(Cl)Oc1ccsc1S(=O)(=O)Cl. The highest BCUT2D eigenvalue weighted by atomic mass is 35.7. The number of thiophene rings is 1. The first kappa shape index (κ1) is 10.8. The summed E-state index contributed by atoms with van der Waals surface area (Å²) < 4.78 is 25.8. The molecule has 0 atom stereocenters. The molecule has 0 unspecified atom stereocenters. The molecule has 4 nitrogen and oxygen atoms in total. The van der Waals surface area contributed by atoms with Gasteiger partial charge in [0.1, 0.15) is 0 Å². The normalized spacial score (nSPS) is 11.2. The minimum absolute atomic E-state index is 0.153. The molecule has 0 aliphatic heterocycles. The van der Waals surface area contributed by atoms with Crippen LogP contribution >= 0.6 is 33.6 Å². The zero-order valence-electron chi connectivity index (χ0n) is 5.86. The van der Waals surface area contributed by atoms with Crippen LogP contribution < -0.4 is 4.74 Å². The molecule has 0 aliphatic rings. The molecule has 0 fully saturated rings. The summed E-state index contributed by atoms with van der Waals surface area (Å²) in [7, 11) is 1.16. The monoisotopic (exact) mass is 260 g/mol. The first-order chi connectivity index (χ1) is 5.91. The Morgan fingerprint density at radius 1 is 1.54 bits per heavy atom. The van der Waals surface area contributed by atoms with E-state index < -0.39 is 14.5 Å². The molecule has 0 aliphatic carbocycles. The smallest absolute Gasteiger partial charge is 0.409 e. The highest BCUT2D eigenvalue weighted by Crippen LogP contribution is 2.32. The van der Waals surface area contributed by atoms with Crippen molar-refractivity contribution in [2.75, 3.05) is 0 Å². The van der Waals surface area contributed by atoms with Gasteiger partial charge in [0.2, 0.25) is 0 Å². The quantitative estimate of drug-likeness (QED) is 0.767. The van der Waals surface area contributed by atoms with Crippen LogP contribution in [0.2, 0.25) is 0 Å². The second-order valence-electron chi connectivity index (χ2n) is 1.85. The summed E-state index contributed by atoms with van der Waals surface area (Å²) in [5.41, 5.74) is -1.11. The third kappa shape index (κ3) is 2.84. The Labute approximate surface area is 87.4 Å². The molecule has 1 aromatic rings. The van der Waals surface area contributed by atoms with Crippen LogP contribution in [0.15, 0.2) is 15.7 Å². The van der Waals surface area contributed by atoms with Gasteiger partial charge in [0, 0.05) is 22.3 Å². The van der Waals surface area contributed by atoms with Crippen molar-refractivity contribution in [2.24, 2.45) is 0 Å².